The fourth-order valence-electron chi connectivity index (χ4n) is 3.54. The molecule has 4 rings (SSSR count). The predicted molar refractivity (Wildman–Crippen MR) is 133 cm³/mol. The van der Waals surface area contributed by atoms with E-state index in [0.717, 1.165) is 16.7 Å². The third-order valence-corrected chi connectivity index (χ3v) is 5.46. The molecule has 0 aliphatic carbocycles. The summed E-state index contributed by atoms with van der Waals surface area (Å²) >= 11 is 0. The molecule has 0 saturated heterocycles. The molecule has 0 amide bonds. The fourth-order valence-corrected chi connectivity index (χ4v) is 3.54. The van der Waals surface area contributed by atoms with Crippen LogP contribution in [-0.4, -0.2) is 40.9 Å². The second-order valence-corrected chi connectivity index (χ2v) is 9.34. The van der Waals surface area contributed by atoms with E-state index in [4.69, 9.17) is 14.9 Å². The Labute approximate surface area is 202 Å². The number of carboxylic acid groups (broad SMARTS) is 1. The quantitative estimate of drug-likeness (QED) is 0.353. The number of anilines is 1. The second kappa shape index (κ2) is 9.82. The molecule has 3 aromatic carbocycles. The zero-order valence-electron chi connectivity index (χ0n) is 20.3. The van der Waals surface area contributed by atoms with Crippen LogP contribution >= 0.6 is 0 Å². The van der Waals surface area contributed by atoms with E-state index in [1.165, 1.54) is 22.4 Å². The van der Waals surface area contributed by atoms with Crippen molar-refractivity contribution >= 4 is 22.7 Å². The monoisotopic (exact) mass is 483 g/mol. The zero-order chi connectivity index (χ0) is 26.0. The average Bonchev–Trinajstić information content (AvgIpc) is 3.22. The average molecular weight is 484 g/mol. The van der Waals surface area contributed by atoms with Gasteiger partial charge in [0.05, 0.1) is 11.0 Å². The van der Waals surface area contributed by atoms with E-state index in [1.807, 2.05) is 12.4 Å². The molecular formula is C27H28F3N3O2. The highest BCUT2D eigenvalue weighted by Crippen LogP contribution is 2.36. The van der Waals surface area contributed by atoms with Gasteiger partial charge in [-0.3, -0.25) is 4.57 Å². The van der Waals surface area contributed by atoms with Crippen molar-refractivity contribution in [2.45, 2.75) is 32.4 Å². The van der Waals surface area contributed by atoms with Crippen molar-refractivity contribution in [2.75, 3.05) is 19.0 Å². The van der Waals surface area contributed by atoms with Crippen LogP contribution in [0.4, 0.5) is 18.9 Å². The van der Waals surface area contributed by atoms with Crippen molar-refractivity contribution in [2.24, 2.45) is 0 Å². The summed E-state index contributed by atoms with van der Waals surface area (Å²) in [6.07, 6.45) is -3.15. The van der Waals surface area contributed by atoms with E-state index in [0.29, 0.717) is 0 Å². The van der Waals surface area contributed by atoms with Gasteiger partial charge >= 0.3 is 12.1 Å². The molecule has 0 atom stereocenters. The highest BCUT2D eigenvalue weighted by atomic mass is 19.4. The topological polar surface area (TPSA) is 58.4 Å². The lowest BCUT2D eigenvalue weighted by Gasteiger charge is -2.21. The number of nitrogens with zero attached hydrogens (tertiary/aromatic N) is 3. The second-order valence-electron chi connectivity index (χ2n) is 9.34. The number of aliphatic carboxylic acids is 1. The van der Waals surface area contributed by atoms with Crippen LogP contribution in [0.25, 0.3) is 27.8 Å². The number of carboxylic acids is 1. The lowest BCUT2D eigenvalue weighted by Crippen LogP contribution is -2.21. The summed E-state index contributed by atoms with van der Waals surface area (Å²) in [4.78, 5) is 15.8. The zero-order valence-corrected chi connectivity index (χ0v) is 20.3. The largest absolute Gasteiger partial charge is 0.490 e. The van der Waals surface area contributed by atoms with Crippen molar-refractivity contribution < 1.29 is 23.1 Å². The van der Waals surface area contributed by atoms with Crippen LogP contribution in [-0.2, 0) is 10.2 Å². The van der Waals surface area contributed by atoms with Crippen LogP contribution in [0.1, 0.15) is 26.3 Å². The van der Waals surface area contributed by atoms with Gasteiger partial charge in [0.25, 0.3) is 0 Å². The molecule has 184 valence electrons. The number of carbonyl (C=O) groups is 1. The van der Waals surface area contributed by atoms with Gasteiger partial charge in [-0.1, -0.05) is 51.1 Å². The van der Waals surface area contributed by atoms with E-state index in [-0.39, 0.29) is 5.41 Å². The van der Waals surface area contributed by atoms with E-state index in [9.17, 15) is 13.2 Å². The first-order valence-corrected chi connectivity index (χ1v) is 10.9. The van der Waals surface area contributed by atoms with E-state index < -0.39 is 12.1 Å². The molecule has 35 heavy (non-hydrogen) atoms. The molecule has 0 aliphatic rings. The maximum absolute atomic E-state index is 10.6. The summed E-state index contributed by atoms with van der Waals surface area (Å²) in [5.74, 6) is -2.76. The van der Waals surface area contributed by atoms with Crippen LogP contribution in [0, 0.1) is 0 Å². The molecule has 0 saturated carbocycles. The Morgan fingerprint density at radius 1 is 0.943 bits per heavy atom. The number of para-hydroxylation sites is 1. The molecular weight excluding hydrogens is 455 g/mol. The maximum Gasteiger partial charge on any atom is 0.490 e. The van der Waals surface area contributed by atoms with Crippen LogP contribution < -0.4 is 4.90 Å². The molecule has 1 aromatic heterocycles. The number of benzene rings is 3. The Morgan fingerprint density at radius 2 is 1.57 bits per heavy atom. The number of fused-ring (bicyclic) bond motifs is 1. The molecule has 8 heteroatoms. The molecule has 0 fully saturated rings. The Kier molecular flexibility index (Phi) is 7.24. The van der Waals surface area contributed by atoms with Crippen LogP contribution in [0.5, 0.6) is 0 Å². The van der Waals surface area contributed by atoms with Crippen molar-refractivity contribution in [3.05, 3.63) is 78.6 Å². The Morgan fingerprint density at radius 3 is 2.11 bits per heavy atom. The Balaban J connectivity index is 0.000000429. The third kappa shape index (κ3) is 6.01. The van der Waals surface area contributed by atoms with Gasteiger partial charge in [0, 0.05) is 31.0 Å². The molecule has 5 nitrogen and oxygen atoms in total. The predicted octanol–water partition coefficient (Wildman–Crippen LogP) is 6.69. The lowest BCUT2D eigenvalue weighted by atomic mass is 9.84. The molecule has 0 spiro atoms. The van der Waals surface area contributed by atoms with Gasteiger partial charge in [-0.15, -0.1) is 0 Å². The van der Waals surface area contributed by atoms with Gasteiger partial charge in [-0.25, -0.2) is 9.78 Å². The highest BCUT2D eigenvalue weighted by Gasteiger charge is 2.38. The summed E-state index contributed by atoms with van der Waals surface area (Å²) in [5, 5.41) is 7.12. The first-order chi connectivity index (χ1) is 16.3. The van der Waals surface area contributed by atoms with Crippen LogP contribution in [0.15, 0.2) is 73.1 Å². The van der Waals surface area contributed by atoms with E-state index in [1.54, 1.807) is 0 Å². The smallest absolute Gasteiger partial charge is 0.475 e. The molecule has 0 radical (unpaired) electrons. The number of aromatic nitrogens is 2. The molecule has 4 aromatic rings. The minimum absolute atomic E-state index is 0.0542. The Bertz CT molecular complexity index is 1320. The minimum Gasteiger partial charge on any atom is -0.475 e. The molecule has 0 unspecified atom stereocenters. The van der Waals surface area contributed by atoms with Gasteiger partial charge < -0.3 is 10.0 Å². The summed E-state index contributed by atoms with van der Waals surface area (Å²) in [6, 6.07) is 23.7. The molecule has 0 bridgehead atoms. The fraction of sp³-hybridized carbons (Fsp3) is 0.259. The van der Waals surface area contributed by atoms with Crippen molar-refractivity contribution in [1.29, 1.82) is 0 Å². The summed E-state index contributed by atoms with van der Waals surface area (Å²) in [5.41, 5.74) is 8.27. The number of halogens is 3. The van der Waals surface area contributed by atoms with Gasteiger partial charge in [-0.05, 0) is 52.9 Å². The summed E-state index contributed by atoms with van der Waals surface area (Å²) in [7, 11) is 4.16. The van der Waals surface area contributed by atoms with Gasteiger partial charge in [0.2, 0.25) is 0 Å². The molecule has 1 heterocycles. The number of rotatable bonds is 3. The molecule has 1 N–H and O–H groups in total. The van der Waals surface area contributed by atoms with Crippen LogP contribution in [0.2, 0.25) is 0 Å². The maximum atomic E-state index is 10.6. The van der Waals surface area contributed by atoms with E-state index >= 15 is 0 Å². The van der Waals surface area contributed by atoms with Crippen LogP contribution in [0.3, 0.4) is 0 Å². The number of hydrogen-bond donors (Lipinski definition) is 1. The summed E-state index contributed by atoms with van der Waals surface area (Å²) < 4.78 is 33.9. The standard InChI is InChI=1S/C25H27N3.C2HF3O2/c1-25(2,3)19-15-22(18-10-9-13-21(14-18)27(4)5)24-23(16-19)26-17-28(24)20-11-7-6-8-12-20;3-2(4,5)1(6)7/h6-17H,1-5H3;(H,6,7). The van der Waals surface area contributed by atoms with Gasteiger partial charge in [0.1, 0.15) is 6.33 Å². The van der Waals surface area contributed by atoms with E-state index in [2.05, 4.69) is 105 Å². The first-order valence-electron chi connectivity index (χ1n) is 10.9. The SMILES string of the molecule is CN(C)c1cccc(-c2cc(C(C)(C)C)cc3ncn(-c4ccccc4)c23)c1.O=C(O)C(F)(F)F. The van der Waals surface area contributed by atoms with Crippen molar-refractivity contribution in [3.63, 3.8) is 0 Å². The Hall–Kier alpha value is -3.81. The van der Waals surface area contributed by atoms with Gasteiger partial charge in [0.15, 0.2) is 0 Å². The van der Waals surface area contributed by atoms with Crippen molar-refractivity contribution in [3.8, 4) is 16.8 Å². The lowest BCUT2D eigenvalue weighted by molar-refractivity contribution is -0.192. The van der Waals surface area contributed by atoms with Crippen molar-refractivity contribution in [1.82, 2.24) is 9.55 Å². The summed E-state index contributed by atoms with van der Waals surface area (Å²) in [6.45, 7) is 6.76. The molecule has 0 aliphatic heterocycles. The normalized spacial score (nSPS) is 11.7. The number of hydrogen-bond acceptors (Lipinski definition) is 3. The third-order valence-electron chi connectivity index (χ3n) is 5.46. The minimum atomic E-state index is -5.08. The first kappa shape index (κ1) is 25.8. The van der Waals surface area contributed by atoms with Gasteiger partial charge in [-0.2, -0.15) is 13.2 Å². The number of imidazole rings is 1. The number of alkyl halides is 3. The highest BCUT2D eigenvalue weighted by molar-refractivity contribution is 5.95.